The van der Waals surface area contributed by atoms with E-state index in [1.54, 1.807) is 6.92 Å². The van der Waals surface area contributed by atoms with Gasteiger partial charge in [0.25, 0.3) is 0 Å². The van der Waals surface area contributed by atoms with E-state index in [4.69, 9.17) is 9.15 Å². The summed E-state index contributed by atoms with van der Waals surface area (Å²) in [6.45, 7) is 3.82. The Morgan fingerprint density at radius 3 is 2.17 bits per heavy atom. The second-order valence-corrected chi connectivity index (χ2v) is 5.46. The molecule has 1 heterocycles. The number of hydrogen-bond donors (Lipinski definition) is 0. The van der Waals surface area contributed by atoms with Gasteiger partial charge >= 0.3 is 5.97 Å². The van der Waals surface area contributed by atoms with Crippen molar-refractivity contribution in [1.82, 2.24) is 0 Å². The Balaban J connectivity index is 2.29. The summed E-state index contributed by atoms with van der Waals surface area (Å²) in [4.78, 5) is 12.3. The van der Waals surface area contributed by atoms with E-state index in [1.807, 2.05) is 61.5 Å². The van der Waals surface area contributed by atoms with Gasteiger partial charge in [-0.1, -0.05) is 60.2 Å². The minimum atomic E-state index is -0.385. The normalized spacial score (nSPS) is 10.6. The van der Waals surface area contributed by atoms with Gasteiger partial charge in [0.1, 0.15) is 17.1 Å². The minimum absolute atomic E-state index is 0.385. The molecule has 3 nitrogen and oxygen atoms in total. The van der Waals surface area contributed by atoms with Crippen molar-refractivity contribution in [3.05, 3.63) is 71.5 Å². The molecule has 116 valence electrons. The predicted molar refractivity (Wildman–Crippen MR) is 90.4 cm³/mol. The van der Waals surface area contributed by atoms with Crippen LogP contribution in [0.5, 0.6) is 0 Å². The second kappa shape index (κ2) is 6.13. The summed E-state index contributed by atoms with van der Waals surface area (Å²) in [5.74, 6) is 0.864. The molecule has 0 amide bonds. The molecule has 0 aliphatic rings. The van der Waals surface area contributed by atoms with E-state index in [2.05, 4.69) is 0 Å². The van der Waals surface area contributed by atoms with Crippen LogP contribution in [-0.2, 0) is 4.74 Å². The van der Waals surface area contributed by atoms with Gasteiger partial charge in [-0.25, -0.2) is 4.79 Å². The molecule has 2 aromatic carbocycles. The van der Waals surface area contributed by atoms with Gasteiger partial charge in [-0.05, 0) is 19.4 Å². The van der Waals surface area contributed by atoms with Crippen molar-refractivity contribution in [3.63, 3.8) is 0 Å². The molecule has 0 aliphatic heterocycles. The number of hydrogen-bond acceptors (Lipinski definition) is 3. The summed E-state index contributed by atoms with van der Waals surface area (Å²) >= 11 is 0. The van der Waals surface area contributed by atoms with Crippen LogP contribution in [0.15, 0.2) is 59.0 Å². The van der Waals surface area contributed by atoms with E-state index in [1.165, 1.54) is 7.11 Å². The van der Waals surface area contributed by atoms with Crippen LogP contribution in [0.25, 0.3) is 22.5 Å². The summed E-state index contributed by atoms with van der Waals surface area (Å²) in [5.41, 5.74) is 4.29. The highest BCUT2D eigenvalue weighted by Crippen LogP contribution is 2.39. The monoisotopic (exact) mass is 306 g/mol. The first-order valence-corrected chi connectivity index (χ1v) is 7.46. The Labute approximate surface area is 135 Å². The standard InChI is InChI=1S/C20H18O3/c1-13-9-11-15(12-10-13)18-17(20(21)22-3)14(2)23-19(18)16-7-5-4-6-8-16/h4-12H,1-3H3. The molecule has 0 aliphatic carbocycles. The van der Waals surface area contributed by atoms with Crippen molar-refractivity contribution in [2.45, 2.75) is 13.8 Å². The van der Waals surface area contributed by atoms with E-state index < -0.39 is 0 Å². The van der Waals surface area contributed by atoms with Crippen molar-refractivity contribution in [3.8, 4) is 22.5 Å². The van der Waals surface area contributed by atoms with Crippen molar-refractivity contribution in [2.75, 3.05) is 7.11 Å². The minimum Gasteiger partial charge on any atom is -0.465 e. The molecule has 0 unspecified atom stereocenters. The van der Waals surface area contributed by atoms with Crippen LogP contribution < -0.4 is 0 Å². The van der Waals surface area contributed by atoms with Gasteiger partial charge < -0.3 is 9.15 Å². The zero-order valence-electron chi connectivity index (χ0n) is 13.4. The van der Waals surface area contributed by atoms with Gasteiger partial charge in [-0.15, -0.1) is 0 Å². The van der Waals surface area contributed by atoms with Gasteiger partial charge in [0.05, 0.1) is 7.11 Å². The highest BCUT2D eigenvalue weighted by Gasteiger charge is 2.25. The first-order chi connectivity index (χ1) is 11.1. The Bertz CT molecular complexity index is 827. The van der Waals surface area contributed by atoms with Crippen LogP contribution in [0, 0.1) is 13.8 Å². The number of ether oxygens (including phenoxy) is 1. The summed E-state index contributed by atoms with van der Waals surface area (Å²) in [6, 6.07) is 17.8. The summed E-state index contributed by atoms with van der Waals surface area (Å²) in [5, 5.41) is 0. The molecule has 3 rings (SSSR count). The Morgan fingerprint density at radius 1 is 0.913 bits per heavy atom. The smallest absolute Gasteiger partial charge is 0.342 e. The zero-order valence-corrected chi connectivity index (χ0v) is 13.4. The molecule has 0 saturated carbocycles. The number of esters is 1. The molecule has 0 N–H and O–H groups in total. The van der Waals surface area contributed by atoms with Gasteiger partial charge in [0.2, 0.25) is 0 Å². The van der Waals surface area contributed by atoms with Gasteiger partial charge in [0.15, 0.2) is 0 Å². The van der Waals surface area contributed by atoms with E-state index in [9.17, 15) is 4.79 Å². The first-order valence-electron chi connectivity index (χ1n) is 7.46. The molecule has 0 atom stereocenters. The third-order valence-corrected chi connectivity index (χ3v) is 3.85. The number of aryl methyl sites for hydroxylation is 2. The van der Waals surface area contributed by atoms with Crippen molar-refractivity contribution < 1.29 is 13.9 Å². The third-order valence-electron chi connectivity index (χ3n) is 3.85. The topological polar surface area (TPSA) is 39.4 Å². The molecule has 3 aromatic rings. The Hall–Kier alpha value is -2.81. The maximum atomic E-state index is 12.3. The fraction of sp³-hybridized carbons (Fsp3) is 0.150. The maximum absolute atomic E-state index is 12.3. The van der Waals surface area contributed by atoms with Crippen LogP contribution in [-0.4, -0.2) is 13.1 Å². The number of furan rings is 1. The molecule has 0 fully saturated rings. The van der Waals surface area contributed by atoms with Gasteiger partial charge in [0, 0.05) is 11.1 Å². The SMILES string of the molecule is COC(=O)c1c(C)oc(-c2ccccc2)c1-c1ccc(C)cc1. The quantitative estimate of drug-likeness (QED) is 0.638. The molecular formula is C20H18O3. The Morgan fingerprint density at radius 2 is 1.57 bits per heavy atom. The fourth-order valence-electron chi connectivity index (χ4n) is 2.68. The van der Waals surface area contributed by atoms with Gasteiger partial charge in [-0.3, -0.25) is 0 Å². The highest BCUT2D eigenvalue weighted by atomic mass is 16.5. The zero-order chi connectivity index (χ0) is 16.4. The molecular weight excluding hydrogens is 288 g/mol. The summed E-state index contributed by atoms with van der Waals surface area (Å²) in [6.07, 6.45) is 0. The lowest BCUT2D eigenvalue weighted by Gasteiger charge is -2.06. The lowest BCUT2D eigenvalue weighted by molar-refractivity contribution is 0.0599. The third kappa shape index (κ3) is 2.78. The molecule has 23 heavy (non-hydrogen) atoms. The predicted octanol–water partition coefficient (Wildman–Crippen LogP) is 5.02. The fourth-order valence-corrected chi connectivity index (χ4v) is 2.68. The lowest BCUT2D eigenvalue weighted by atomic mass is 9.96. The van der Waals surface area contributed by atoms with E-state index in [0.29, 0.717) is 17.1 Å². The summed E-state index contributed by atoms with van der Waals surface area (Å²) < 4.78 is 10.9. The lowest BCUT2D eigenvalue weighted by Crippen LogP contribution is -2.03. The number of benzene rings is 2. The van der Waals surface area contributed by atoms with Crippen LogP contribution in [0.1, 0.15) is 21.7 Å². The summed E-state index contributed by atoms with van der Waals surface area (Å²) in [7, 11) is 1.38. The van der Waals surface area contributed by atoms with Crippen LogP contribution >= 0.6 is 0 Å². The number of carbonyl (C=O) groups is 1. The van der Waals surface area contributed by atoms with E-state index in [-0.39, 0.29) is 5.97 Å². The average molecular weight is 306 g/mol. The van der Waals surface area contributed by atoms with Crippen molar-refractivity contribution in [1.29, 1.82) is 0 Å². The Kier molecular flexibility index (Phi) is 4.02. The largest absolute Gasteiger partial charge is 0.465 e. The maximum Gasteiger partial charge on any atom is 0.342 e. The molecule has 0 bridgehead atoms. The van der Waals surface area contributed by atoms with Crippen molar-refractivity contribution in [2.24, 2.45) is 0 Å². The van der Waals surface area contributed by atoms with Crippen LogP contribution in [0.3, 0.4) is 0 Å². The number of methoxy groups -OCH3 is 1. The molecule has 0 saturated heterocycles. The highest BCUT2D eigenvalue weighted by molar-refractivity contribution is 6.02. The second-order valence-electron chi connectivity index (χ2n) is 5.46. The van der Waals surface area contributed by atoms with Crippen LogP contribution in [0.2, 0.25) is 0 Å². The first kappa shape index (κ1) is 15.1. The van der Waals surface area contributed by atoms with Crippen LogP contribution in [0.4, 0.5) is 0 Å². The molecule has 0 spiro atoms. The molecule has 3 heteroatoms. The van der Waals surface area contributed by atoms with Gasteiger partial charge in [-0.2, -0.15) is 0 Å². The number of rotatable bonds is 3. The average Bonchev–Trinajstić information content (AvgIpc) is 2.93. The van der Waals surface area contributed by atoms with E-state index >= 15 is 0 Å². The van der Waals surface area contributed by atoms with Crippen molar-refractivity contribution >= 4 is 5.97 Å². The van der Waals surface area contributed by atoms with E-state index in [0.717, 1.165) is 22.3 Å². The number of carbonyl (C=O) groups excluding carboxylic acids is 1. The molecule has 1 aromatic heterocycles. The molecule has 0 radical (unpaired) electrons.